The quantitative estimate of drug-likeness (QED) is 0.680. The molecule has 2 atom stereocenters. The predicted octanol–water partition coefficient (Wildman–Crippen LogP) is 3.94. The van der Waals surface area contributed by atoms with Crippen LogP contribution in [0.25, 0.3) is 0 Å². The standard InChI is InChI=1S/C21H23Cl2NO6/c1-27-17-9-13(10-18(28-2)19(17)29-3)20(26)24-11-14(6-7-25)30-21(24)12-4-5-15(22)16(23)8-12/h4-5,8-10,14,21,25H,6-7,11H2,1-3H3. The molecule has 0 saturated carbocycles. The Hall–Kier alpha value is -2.19. The van der Waals surface area contributed by atoms with Crippen molar-refractivity contribution < 1.29 is 28.8 Å². The number of halogens is 2. The smallest absolute Gasteiger partial charge is 0.256 e. The van der Waals surface area contributed by atoms with Gasteiger partial charge in [-0.2, -0.15) is 0 Å². The summed E-state index contributed by atoms with van der Waals surface area (Å²) in [5.41, 5.74) is 1.04. The van der Waals surface area contributed by atoms with Gasteiger partial charge in [-0.15, -0.1) is 0 Å². The van der Waals surface area contributed by atoms with E-state index < -0.39 is 6.23 Å². The second-order valence-corrected chi connectivity index (χ2v) is 7.48. The molecule has 1 heterocycles. The zero-order valence-electron chi connectivity index (χ0n) is 16.9. The van der Waals surface area contributed by atoms with E-state index in [1.54, 1.807) is 35.2 Å². The Balaban J connectivity index is 2.00. The molecule has 1 amide bonds. The van der Waals surface area contributed by atoms with Crippen molar-refractivity contribution in [3.05, 3.63) is 51.5 Å². The van der Waals surface area contributed by atoms with Crippen molar-refractivity contribution in [2.24, 2.45) is 0 Å². The number of hydrogen-bond acceptors (Lipinski definition) is 6. The van der Waals surface area contributed by atoms with Gasteiger partial charge >= 0.3 is 0 Å². The molecule has 2 aromatic carbocycles. The fourth-order valence-corrected chi connectivity index (χ4v) is 3.71. The summed E-state index contributed by atoms with van der Waals surface area (Å²) in [6.45, 7) is 0.256. The molecule has 0 aliphatic carbocycles. The lowest BCUT2D eigenvalue weighted by molar-refractivity contribution is -0.00472. The van der Waals surface area contributed by atoms with Crippen molar-refractivity contribution in [1.82, 2.24) is 4.90 Å². The number of carbonyl (C=O) groups excluding carboxylic acids is 1. The van der Waals surface area contributed by atoms with Crippen LogP contribution in [0.2, 0.25) is 10.0 Å². The molecule has 2 aromatic rings. The molecule has 0 radical (unpaired) electrons. The molecule has 3 rings (SSSR count). The number of nitrogens with zero attached hydrogens (tertiary/aromatic N) is 1. The SMILES string of the molecule is COc1cc(C(=O)N2CC(CCO)OC2c2ccc(Cl)c(Cl)c2)cc(OC)c1OC. The van der Waals surface area contributed by atoms with Crippen LogP contribution in [0.15, 0.2) is 30.3 Å². The zero-order valence-corrected chi connectivity index (χ0v) is 18.4. The highest BCUT2D eigenvalue weighted by Crippen LogP contribution is 2.40. The van der Waals surface area contributed by atoms with E-state index in [9.17, 15) is 9.90 Å². The van der Waals surface area contributed by atoms with Crippen molar-refractivity contribution in [1.29, 1.82) is 0 Å². The van der Waals surface area contributed by atoms with Crippen LogP contribution in [0.5, 0.6) is 17.2 Å². The van der Waals surface area contributed by atoms with E-state index in [2.05, 4.69) is 0 Å². The summed E-state index contributed by atoms with van der Waals surface area (Å²) in [6, 6.07) is 8.27. The van der Waals surface area contributed by atoms with E-state index in [4.69, 9.17) is 42.1 Å². The first-order valence-corrected chi connectivity index (χ1v) is 10.0. The molecule has 1 saturated heterocycles. The molecule has 1 fully saturated rings. The van der Waals surface area contributed by atoms with Crippen molar-refractivity contribution >= 4 is 29.1 Å². The van der Waals surface area contributed by atoms with Crippen molar-refractivity contribution in [2.75, 3.05) is 34.5 Å². The van der Waals surface area contributed by atoms with Gasteiger partial charge in [0.15, 0.2) is 17.7 Å². The van der Waals surface area contributed by atoms with Gasteiger partial charge in [-0.3, -0.25) is 4.79 Å². The molecule has 162 valence electrons. The molecule has 0 bridgehead atoms. The van der Waals surface area contributed by atoms with Crippen LogP contribution in [-0.2, 0) is 4.74 Å². The lowest BCUT2D eigenvalue weighted by atomic mass is 10.1. The van der Waals surface area contributed by atoms with Crippen molar-refractivity contribution in [3.63, 3.8) is 0 Å². The summed E-state index contributed by atoms with van der Waals surface area (Å²) in [5.74, 6) is 0.857. The molecule has 0 aromatic heterocycles. The second-order valence-electron chi connectivity index (χ2n) is 6.67. The number of hydrogen-bond donors (Lipinski definition) is 1. The van der Waals surface area contributed by atoms with E-state index in [1.165, 1.54) is 21.3 Å². The van der Waals surface area contributed by atoms with Gasteiger partial charge in [0, 0.05) is 17.7 Å². The van der Waals surface area contributed by atoms with E-state index in [0.717, 1.165) is 0 Å². The number of rotatable bonds is 7. The minimum atomic E-state index is -0.678. The number of aliphatic hydroxyl groups is 1. The molecule has 1 aliphatic heterocycles. The lowest BCUT2D eigenvalue weighted by Gasteiger charge is -2.24. The molecular weight excluding hydrogens is 433 g/mol. The molecule has 30 heavy (non-hydrogen) atoms. The topological polar surface area (TPSA) is 77.5 Å². The summed E-state index contributed by atoms with van der Waals surface area (Å²) < 4.78 is 22.1. The highest BCUT2D eigenvalue weighted by atomic mass is 35.5. The average Bonchev–Trinajstić information content (AvgIpc) is 3.18. The summed E-state index contributed by atoms with van der Waals surface area (Å²) in [4.78, 5) is 15.0. The third-order valence-corrected chi connectivity index (χ3v) is 5.60. The van der Waals surface area contributed by atoms with Gasteiger partial charge in [0.05, 0.1) is 44.0 Å². The van der Waals surface area contributed by atoms with Gasteiger partial charge in [-0.1, -0.05) is 29.3 Å². The largest absolute Gasteiger partial charge is 0.493 e. The summed E-state index contributed by atoms with van der Waals surface area (Å²) in [6.07, 6.45) is -0.597. The maximum atomic E-state index is 13.4. The maximum absolute atomic E-state index is 13.4. The molecule has 1 N–H and O–H groups in total. The first kappa shape index (κ1) is 22.5. The summed E-state index contributed by atoms with van der Waals surface area (Å²) in [5, 5.41) is 10.1. The van der Waals surface area contributed by atoms with Gasteiger partial charge in [0.2, 0.25) is 5.75 Å². The van der Waals surface area contributed by atoms with Crippen LogP contribution >= 0.6 is 23.2 Å². The van der Waals surface area contributed by atoms with Gasteiger partial charge in [-0.25, -0.2) is 0 Å². The highest BCUT2D eigenvalue weighted by molar-refractivity contribution is 6.42. The first-order valence-electron chi connectivity index (χ1n) is 9.25. The van der Waals surface area contributed by atoms with Crippen LogP contribution in [0, 0.1) is 0 Å². The number of methoxy groups -OCH3 is 3. The monoisotopic (exact) mass is 455 g/mol. The maximum Gasteiger partial charge on any atom is 0.256 e. The van der Waals surface area contributed by atoms with E-state index in [1.807, 2.05) is 0 Å². The van der Waals surface area contributed by atoms with Crippen LogP contribution in [0.1, 0.15) is 28.6 Å². The van der Waals surface area contributed by atoms with Crippen LogP contribution in [-0.4, -0.2) is 56.5 Å². The Kier molecular flexibility index (Phi) is 7.31. The van der Waals surface area contributed by atoms with E-state index in [0.29, 0.717) is 51.4 Å². The number of ether oxygens (including phenoxy) is 4. The Bertz CT molecular complexity index is 897. The Labute approximate surface area is 185 Å². The summed E-state index contributed by atoms with van der Waals surface area (Å²) in [7, 11) is 4.47. The number of carbonyl (C=O) groups is 1. The number of benzene rings is 2. The van der Waals surface area contributed by atoms with E-state index in [-0.39, 0.29) is 18.6 Å². The normalized spacial score (nSPS) is 18.4. The fraction of sp³-hybridized carbons (Fsp3) is 0.381. The Morgan fingerprint density at radius 1 is 1.10 bits per heavy atom. The zero-order chi connectivity index (χ0) is 21.8. The number of aliphatic hydroxyl groups excluding tert-OH is 1. The molecule has 7 nitrogen and oxygen atoms in total. The minimum absolute atomic E-state index is 0.0506. The van der Waals surface area contributed by atoms with Gasteiger partial charge in [0.25, 0.3) is 5.91 Å². The molecule has 2 unspecified atom stereocenters. The third-order valence-electron chi connectivity index (χ3n) is 4.86. The molecular formula is C21H23Cl2NO6. The molecule has 1 aliphatic rings. The minimum Gasteiger partial charge on any atom is -0.493 e. The van der Waals surface area contributed by atoms with Gasteiger partial charge in [-0.05, 0) is 30.7 Å². The van der Waals surface area contributed by atoms with Gasteiger partial charge < -0.3 is 29.0 Å². The number of amides is 1. The fourth-order valence-electron chi connectivity index (χ4n) is 3.40. The van der Waals surface area contributed by atoms with Crippen molar-refractivity contribution in [2.45, 2.75) is 18.8 Å². The predicted molar refractivity (Wildman–Crippen MR) is 113 cm³/mol. The van der Waals surface area contributed by atoms with Crippen molar-refractivity contribution in [3.8, 4) is 17.2 Å². The van der Waals surface area contributed by atoms with Crippen LogP contribution in [0.3, 0.4) is 0 Å². The molecule has 9 heteroatoms. The molecule has 0 spiro atoms. The average molecular weight is 456 g/mol. The highest BCUT2D eigenvalue weighted by Gasteiger charge is 2.38. The first-order chi connectivity index (χ1) is 14.4. The Morgan fingerprint density at radius 3 is 2.30 bits per heavy atom. The lowest BCUT2D eigenvalue weighted by Crippen LogP contribution is -2.32. The van der Waals surface area contributed by atoms with Crippen LogP contribution in [0.4, 0.5) is 0 Å². The third kappa shape index (κ3) is 4.44. The van der Waals surface area contributed by atoms with E-state index >= 15 is 0 Å². The second kappa shape index (κ2) is 9.75. The van der Waals surface area contributed by atoms with Crippen LogP contribution < -0.4 is 14.2 Å². The summed E-state index contributed by atoms with van der Waals surface area (Å²) >= 11 is 12.2. The van der Waals surface area contributed by atoms with Gasteiger partial charge in [0.1, 0.15) is 0 Å². The Morgan fingerprint density at radius 2 is 1.77 bits per heavy atom.